The number of para-hydroxylation sites is 1. The van der Waals surface area contributed by atoms with E-state index in [1.165, 1.54) is 20.2 Å². The van der Waals surface area contributed by atoms with Crippen molar-refractivity contribution in [1.82, 2.24) is 0 Å². The van der Waals surface area contributed by atoms with E-state index in [0.717, 1.165) is 17.8 Å². The third-order valence-electron chi connectivity index (χ3n) is 4.76. The summed E-state index contributed by atoms with van der Waals surface area (Å²) in [6, 6.07) is 30.0. The standard InChI is InChI=1S/C23H18N2S2/c1-3-8-17(9-4-1)19-16-20(25(24-19)18-10-5-2-6-11-18)21-13-14-23(27-21)22-12-7-15-26-22/h1-15,20H,16H2/t20-/m1/s1. The maximum absolute atomic E-state index is 5.02. The summed E-state index contributed by atoms with van der Waals surface area (Å²) in [5.41, 5.74) is 3.49. The maximum Gasteiger partial charge on any atom is 0.0923 e. The van der Waals surface area contributed by atoms with E-state index in [2.05, 4.69) is 95.3 Å². The molecule has 0 fully saturated rings. The van der Waals surface area contributed by atoms with Crippen LogP contribution in [0, 0.1) is 0 Å². The van der Waals surface area contributed by atoms with Gasteiger partial charge >= 0.3 is 0 Å². The molecule has 2 aromatic carbocycles. The Kier molecular flexibility index (Phi) is 4.36. The smallest absolute Gasteiger partial charge is 0.0923 e. The number of hydrogen-bond donors (Lipinski definition) is 0. The van der Waals surface area contributed by atoms with Crippen molar-refractivity contribution in [2.24, 2.45) is 5.10 Å². The Morgan fingerprint density at radius 1 is 0.778 bits per heavy atom. The van der Waals surface area contributed by atoms with Gasteiger partial charge in [-0.15, -0.1) is 22.7 Å². The van der Waals surface area contributed by atoms with Crippen LogP contribution in [0.25, 0.3) is 9.75 Å². The average Bonchev–Trinajstić information content (AvgIpc) is 3.49. The van der Waals surface area contributed by atoms with Gasteiger partial charge in [-0.3, -0.25) is 5.01 Å². The fraction of sp³-hybridized carbons (Fsp3) is 0.0870. The molecular formula is C23H18N2S2. The van der Waals surface area contributed by atoms with E-state index < -0.39 is 0 Å². The number of anilines is 1. The molecule has 3 heterocycles. The lowest BCUT2D eigenvalue weighted by Gasteiger charge is -2.22. The molecule has 1 aliphatic rings. The van der Waals surface area contributed by atoms with Crippen LogP contribution in [-0.2, 0) is 0 Å². The number of thiophene rings is 2. The van der Waals surface area contributed by atoms with Gasteiger partial charge in [0.15, 0.2) is 0 Å². The van der Waals surface area contributed by atoms with Crippen molar-refractivity contribution in [3.8, 4) is 9.75 Å². The van der Waals surface area contributed by atoms with Crippen LogP contribution in [0.2, 0.25) is 0 Å². The molecule has 4 heteroatoms. The Morgan fingerprint density at radius 2 is 1.56 bits per heavy atom. The number of rotatable bonds is 4. The predicted molar refractivity (Wildman–Crippen MR) is 117 cm³/mol. The van der Waals surface area contributed by atoms with Crippen LogP contribution in [0.3, 0.4) is 0 Å². The molecule has 27 heavy (non-hydrogen) atoms. The highest BCUT2D eigenvalue weighted by atomic mass is 32.1. The van der Waals surface area contributed by atoms with Gasteiger partial charge in [0.25, 0.3) is 0 Å². The van der Waals surface area contributed by atoms with E-state index in [-0.39, 0.29) is 6.04 Å². The van der Waals surface area contributed by atoms with Crippen molar-refractivity contribution in [2.75, 3.05) is 5.01 Å². The minimum atomic E-state index is 0.237. The van der Waals surface area contributed by atoms with Crippen LogP contribution in [0.5, 0.6) is 0 Å². The lowest BCUT2D eigenvalue weighted by Crippen LogP contribution is -2.17. The molecular weight excluding hydrogens is 368 g/mol. The molecule has 0 bridgehead atoms. The molecule has 0 saturated carbocycles. The Labute approximate surface area is 167 Å². The molecule has 0 amide bonds. The van der Waals surface area contributed by atoms with Gasteiger partial charge in [-0.2, -0.15) is 5.10 Å². The molecule has 0 spiro atoms. The molecule has 0 unspecified atom stereocenters. The molecule has 0 aliphatic carbocycles. The summed E-state index contributed by atoms with van der Waals surface area (Å²) < 4.78 is 0. The molecule has 2 nitrogen and oxygen atoms in total. The first kappa shape index (κ1) is 16.5. The highest BCUT2D eigenvalue weighted by Gasteiger charge is 2.31. The maximum atomic E-state index is 5.02. The average molecular weight is 387 g/mol. The normalized spacial score (nSPS) is 16.5. The van der Waals surface area contributed by atoms with E-state index >= 15 is 0 Å². The molecule has 0 radical (unpaired) electrons. The van der Waals surface area contributed by atoms with Crippen molar-refractivity contribution in [3.05, 3.63) is 101 Å². The zero-order valence-electron chi connectivity index (χ0n) is 14.7. The minimum Gasteiger partial charge on any atom is -0.257 e. The molecule has 5 rings (SSSR count). The second-order valence-corrected chi connectivity index (χ2v) is 8.56. The molecule has 4 aromatic rings. The lowest BCUT2D eigenvalue weighted by atomic mass is 10.0. The van der Waals surface area contributed by atoms with E-state index in [0.29, 0.717) is 0 Å². The second-order valence-electron chi connectivity index (χ2n) is 6.49. The van der Waals surface area contributed by atoms with Gasteiger partial charge in [0.2, 0.25) is 0 Å². The van der Waals surface area contributed by atoms with Crippen LogP contribution >= 0.6 is 22.7 Å². The summed E-state index contributed by atoms with van der Waals surface area (Å²) >= 11 is 3.67. The molecule has 132 valence electrons. The molecule has 0 saturated heterocycles. The second kappa shape index (κ2) is 7.14. The number of nitrogens with zero attached hydrogens (tertiary/aromatic N) is 2. The summed E-state index contributed by atoms with van der Waals surface area (Å²) in [5, 5.41) is 9.34. The minimum absolute atomic E-state index is 0.237. The van der Waals surface area contributed by atoms with Crippen LogP contribution < -0.4 is 5.01 Å². The monoisotopic (exact) mass is 386 g/mol. The number of hydrogen-bond acceptors (Lipinski definition) is 4. The Balaban J connectivity index is 1.53. The first-order chi connectivity index (χ1) is 13.4. The summed E-state index contributed by atoms with van der Waals surface area (Å²) in [6.07, 6.45) is 0.920. The quantitative estimate of drug-likeness (QED) is 0.375. The summed E-state index contributed by atoms with van der Waals surface area (Å²) in [7, 11) is 0. The zero-order chi connectivity index (χ0) is 18.1. The van der Waals surface area contributed by atoms with Gasteiger partial charge in [0, 0.05) is 21.1 Å². The van der Waals surface area contributed by atoms with Gasteiger partial charge in [0.05, 0.1) is 17.4 Å². The summed E-state index contributed by atoms with van der Waals surface area (Å²) in [6.45, 7) is 0. The van der Waals surface area contributed by atoms with Gasteiger partial charge in [0.1, 0.15) is 0 Å². The first-order valence-electron chi connectivity index (χ1n) is 8.99. The number of benzene rings is 2. The van der Waals surface area contributed by atoms with Crippen molar-refractivity contribution >= 4 is 34.1 Å². The Hall–Kier alpha value is -2.69. The SMILES string of the molecule is c1ccc(C2=NN(c3ccccc3)[C@@H](c3ccc(-c4cccs4)s3)C2)cc1. The lowest BCUT2D eigenvalue weighted by molar-refractivity contribution is 0.722. The topological polar surface area (TPSA) is 15.6 Å². The van der Waals surface area contributed by atoms with E-state index in [4.69, 9.17) is 5.10 Å². The van der Waals surface area contributed by atoms with Crippen LogP contribution in [0.15, 0.2) is 95.4 Å². The molecule has 1 aliphatic heterocycles. The highest BCUT2D eigenvalue weighted by molar-refractivity contribution is 7.21. The van der Waals surface area contributed by atoms with Crippen molar-refractivity contribution in [2.45, 2.75) is 12.5 Å². The van der Waals surface area contributed by atoms with Crippen molar-refractivity contribution < 1.29 is 0 Å². The predicted octanol–water partition coefficient (Wildman–Crippen LogP) is 6.83. The summed E-state index contributed by atoms with van der Waals surface area (Å²) in [4.78, 5) is 4.03. The third kappa shape index (κ3) is 3.22. The molecule has 1 atom stereocenters. The fourth-order valence-corrected chi connectivity index (χ4v) is 5.37. The summed E-state index contributed by atoms with van der Waals surface area (Å²) in [5.74, 6) is 0. The van der Waals surface area contributed by atoms with Crippen molar-refractivity contribution in [1.29, 1.82) is 0 Å². The van der Waals surface area contributed by atoms with Crippen molar-refractivity contribution in [3.63, 3.8) is 0 Å². The van der Waals surface area contributed by atoms with E-state index in [9.17, 15) is 0 Å². The van der Waals surface area contributed by atoms with Crippen LogP contribution in [0.1, 0.15) is 22.9 Å². The van der Waals surface area contributed by atoms with Crippen LogP contribution in [0.4, 0.5) is 5.69 Å². The van der Waals surface area contributed by atoms with Crippen LogP contribution in [-0.4, -0.2) is 5.71 Å². The fourth-order valence-electron chi connectivity index (χ4n) is 3.44. The van der Waals surface area contributed by atoms with Gasteiger partial charge in [-0.05, 0) is 41.3 Å². The number of hydrazone groups is 1. The highest BCUT2D eigenvalue weighted by Crippen LogP contribution is 2.42. The Morgan fingerprint density at radius 3 is 2.30 bits per heavy atom. The van der Waals surface area contributed by atoms with E-state index in [1.54, 1.807) is 11.3 Å². The Bertz CT molecular complexity index is 1050. The van der Waals surface area contributed by atoms with Gasteiger partial charge in [-0.25, -0.2) is 0 Å². The molecule has 0 N–H and O–H groups in total. The molecule has 2 aromatic heterocycles. The first-order valence-corrected chi connectivity index (χ1v) is 10.7. The largest absolute Gasteiger partial charge is 0.257 e. The van der Waals surface area contributed by atoms with Gasteiger partial charge in [-0.1, -0.05) is 54.6 Å². The third-order valence-corrected chi connectivity index (χ3v) is 7.01. The zero-order valence-corrected chi connectivity index (χ0v) is 16.3. The van der Waals surface area contributed by atoms with E-state index in [1.807, 2.05) is 11.3 Å². The van der Waals surface area contributed by atoms with Gasteiger partial charge < -0.3 is 0 Å².